The number of anilines is 1. The third kappa shape index (κ3) is 5.17. The number of nitrogens with zero attached hydrogens (tertiary/aromatic N) is 4. The van der Waals surface area contributed by atoms with Gasteiger partial charge in [-0.25, -0.2) is 4.39 Å². The predicted octanol–water partition coefficient (Wildman–Crippen LogP) is 5.30. The van der Waals surface area contributed by atoms with Crippen molar-refractivity contribution in [1.29, 1.82) is 0 Å². The largest absolute Gasteiger partial charge is 0.435 e. The van der Waals surface area contributed by atoms with Crippen LogP contribution in [0.5, 0.6) is 0 Å². The fraction of sp³-hybridized carbons (Fsp3) is 0.150. The average Bonchev–Trinajstić information content (AvgIpc) is 3.45. The lowest BCUT2D eigenvalue weighted by molar-refractivity contribution is -0.141. The van der Waals surface area contributed by atoms with Crippen LogP contribution in [0.15, 0.2) is 54.2 Å². The quantitative estimate of drug-likeness (QED) is 0.378. The summed E-state index contributed by atoms with van der Waals surface area (Å²) in [4.78, 5) is 12.9. The Morgan fingerprint density at radius 1 is 1.06 bits per heavy atom. The van der Waals surface area contributed by atoms with Crippen LogP contribution in [0.1, 0.15) is 26.5 Å². The van der Waals surface area contributed by atoms with E-state index in [1.54, 1.807) is 23.6 Å². The van der Waals surface area contributed by atoms with Crippen LogP contribution in [-0.2, 0) is 19.3 Å². The number of hydrogen-bond acceptors (Lipinski definition) is 4. The molecule has 0 atom stereocenters. The van der Waals surface area contributed by atoms with Gasteiger partial charge in [-0.15, -0.1) is 11.3 Å². The summed E-state index contributed by atoms with van der Waals surface area (Å²) in [7, 11) is 0. The second kappa shape index (κ2) is 8.75. The maximum Gasteiger partial charge on any atom is 0.435 e. The van der Waals surface area contributed by atoms with Crippen molar-refractivity contribution in [3.05, 3.63) is 86.7 Å². The van der Waals surface area contributed by atoms with Crippen molar-refractivity contribution in [2.75, 3.05) is 5.32 Å². The van der Waals surface area contributed by atoms with Crippen LogP contribution in [0.2, 0.25) is 5.02 Å². The first kappa shape index (κ1) is 22.0. The molecule has 0 spiro atoms. The van der Waals surface area contributed by atoms with Gasteiger partial charge in [0.1, 0.15) is 10.8 Å². The van der Waals surface area contributed by atoms with Gasteiger partial charge >= 0.3 is 6.18 Å². The van der Waals surface area contributed by atoms with Gasteiger partial charge in [0.2, 0.25) is 0 Å². The minimum Gasteiger partial charge on any atom is -0.303 e. The number of rotatable bonds is 6. The summed E-state index contributed by atoms with van der Waals surface area (Å²) in [5.41, 5.74) is 0.458. The van der Waals surface area contributed by atoms with E-state index in [1.165, 1.54) is 29.2 Å². The topological polar surface area (TPSA) is 64.7 Å². The molecule has 12 heteroatoms. The predicted molar refractivity (Wildman–Crippen MR) is 111 cm³/mol. The van der Waals surface area contributed by atoms with E-state index in [-0.39, 0.29) is 23.2 Å². The van der Waals surface area contributed by atoms with Crippen LogP contribution < -0.4 is 5.32 Å². The highest BCUT2D eigenvalue weighted by atomic mass is 35.5. The van der Waals surface area contributed by atoms with E-state index < -0.39 is 17.8 Å². The highest BCUT2D eigenvalue weighted by molar-refractivity contribution is 7.12. The Morgan fingerprint density at radius 2 is 1.78 bits per heavy atom. The smallest absolute Gasteiger partial charge is 0.303 e. The first-order valence-electron chi connectivity index (χ1n) is 9.14. The highest BCUT2D eigenvalue weighted by Crippen LogP contribution is 2.28. The molecule has 3 aromatic heterocycles. The van der Waals surface area contributed by atoms with Gasteiger partial charge in [0.05, 0.1) is 18.0 Å². The summed E-state index contributed by atoms with van der Waals surface area (Å²) in [5, 5.41) is 12.2. The zero-order valence-electron chi connectivity index (χ0n) is 16.1. The summed E-state index contributed by atoms with van der Waals surface area (Å²) in [6.45, 7) is 0.426. The zero-order valence-corrected chi connectivity index (χ0v) is 17.7. The highest BCUT2D eigenvalue weighted by Gasteiger charge is 2.33. The molecule has 1 amide bonds. The number of halogens is 5. The molecule has 0 unspecified atom stereocenters. The fourth-order valence-electron chi connectivity index (χ4n) is 2.87. The van der Waals surface area contributed by atoms with Gasteiger partial charge in [-0.3, -0.25) is 14.2 Å². The Balaban J connectivity index is 1.40. The molecule has 4 rings (SSSR count). The molecule has 0 bridgehead atoms. The van der Waals surface area contributed by atoms with Crippen molar-refractivity contribution in [3.63, 3.8) is 0 Å². The van der Waals surface area contributed by atoms with Gasteiger partial charge in [-0.2, -0.15) is 23.4 Å². The van der Waals surface area contributed by atoms with E-state index in [9.17, 15) is 22.4 Å². The van der Waals surface area contributed by atoms with Crippen molar-refractivity contribution in [2.24, 2.45) is 0 Å². The van der Waals surface area contributed by atoms with E-state index >= 15 is 0 Å². The van der Waals surface area contributed by atoms with Crippen LogP contribution in [-0.4, -0.2) is 25.5 Å². The van der Waals surface area contributed by atoms with Crippen LogP contribution >= 0.6 is 22.9 Å². The second-order valence-corrected chi connectivity index (χ2v) is 8.14. The van der Waals surface area contributed by atoms with Crippen molar-refractivity contribution in [1.82, 2.24) is 19.6 Å². The van der Waals surface area contributed by atoms with Crippen molar-refractivity contribution < 1.29 is 22.4 Å². The number of carbonyl (C=O) groups is 1. The summed E-state index contributed by atoms with van der Waals surface area (Å²) < 4.78 is 53.7. The minimum absolute atomic E-state index is 0.0902. The fourth-order valence-corrected chi connectivity index (χ4v) is 3.87. The minimum atomic E-state index is -4.51. The molecule has 0 aliphatic rings. The number of thiophene rings is 1. The molecule has 0 aliphatic heterocycles. The number of hydrogen-bond donors (Lipinski definition) is 1. The van der Waals surface area contributed by atoms with Crippen LogP contribution in [0.3, 0.4) is 0 Å². The number of alkyl halides is 3. The maximum absolute atomic E-state index is 13.0. The van der Waals surface area contributed by atoms with Gasteiger partial charge < -0.3 is 5.32 Å². The zero-order chi connectivity index (χ0) is 22.9. The van der Waals surface area contributed by atoms with E-state index in [0.717, 1.165) is 27.6 Å². The van der Waals surface area contributed by atoms with Crippen LogP contribution in [0, 0.1) is 5.82 Å². The van der Waals surface area contributed by atoms with Crippen LogP contribution in [0.25, 0.3) is 0 Å². The number of aromatic nitrogens is 4. The van der Waals surface area contributed by atoms with E-state index in [2.05, 4.69) is 15.5 Å². The van der Waals surface area contributed by atoms with E-state index in [0.29, 0.717) is 17.0 Å². The van der Waals surface area contributed by atoms with Crippen LogP contribution in [0.4, 0.5) is 23.4 Å². The molecule has 166 valence electrons. The number of carbonyl (C=O) groups excluding carboxylic acids is 1. The Morgan fingerprint density at radius 3 is 2.47 bits per heavy atom. The van der Waals surface area contributed by atoms with Crippen molar-refractivity contribution >= 4 is 34.7 Å². The van der Waals surface area contributed by atoms with E-state index in [4.69, 9.17) is 11.6 Å². The number of benzene rings is 1. The maximum atomic E-state index is 13.0. The van der Waals surface area contributed by atoms with Crippen molar-refractivity contribution in [3.8, 4) is 0 Å². The Hall–Kier alpha value is -3.18. The molecule has 1 aromatic carbocycles. The van der Waals surface area contributed by atoms with Gasteiger partial charge in [0.15, 0.2) is 11.5 Å². The Bertz CT molecular complexity index is 1250. The normalized spacial score (nSPS) is 11.7. The van der Waals surface area contributed by atoms with E-state index in [1.807, 2.05) is 0 Å². The average molecular weight is 484 g/mol. The summed E-state index contributed by atoms with van der Waals surface area (Å²) in [6.07, 6.45) is -1.74. The second-order valence-electron chi connectivity index (χ2n) is 6.82. The Kier molecular flexibility index (Phi) is 6.02. The lowest BCUT2D eigenvalue weighted by atomic mass is 10.2. The molecular weight excluding hydrogens is 470 g/mol. The Labute approximate surface area is 188 Å². The lowest BCUT2D eigenvalue weighted by Crippen LogP contribution is -2.12. The molecule has 0 fully saturated rings. The number of amides is 1. The first-order chi connectivity index (χ1) is 15.2. The monoisotopic (exact) mass is 483 g/mol. The number of nitrogens with one attached hydrogen (secondary N) is 1. The molecule has 32 heavy (non-hydrogen) atoms. The first-order valence-corrected chi connectivity index (χ1v) is 10.4. The van der Waals surface area contributed by atoms with Gasteiger partial charge in [-0.1, -0.05) is 23.7 Å². The van der Waals surface area contributed by atoms with Gasteiger partial charge in [0, 0.05) is 12.4 Å². The SMILES string of the molecule is O=C(Nc1nn(Cc2ccc(F)cc2)cc1Cl)c1cc(Cn2ccc(C(F)(F)F)n2)cs1. The summed E-state index contributed by atoms with van der Waals surface area (Å²) in [6, 6.07) is 8.37. The molecular formula is C20H14ClF4N5OS. The molecule has 1 N–H and O–H groups in total. The molecule has 0 radical (unpaired) electrons. The lowest BCUT2D eigenvalue weighted by Gasteiger charge is -2.02. The van der Waals surface area contributed by atoms with Gasteiger partial charge in [0.25, 0.3) is 5.91 Å². The molecule has 3 heterocycles. The standard InChI is InChI=1S/C20H14ClF4N5OS/c21-15-10-30(8-12-1-3-14(22)4-2-12)28-18(15)26-19(31)16-7-13(11-32-16)9-29-6-5-17(27-29)20(23,24)25/h1-7,10-11H,8-9H2,(H,26,28,31). The third-order valence-corrected chi connectivity index (χ3v) is 5.61. The molecule has 0 aliphatic carbocycles. The molecule has 0 saturated carbocycles. The summed E-state index contributed by atoms with van der Waals surface area (Å²) in [5.74, 6) is -0.633. The van der Waals surface area contributed by atoms with Crippen molar-refractivity contribution in [2.45, 2.75) is 19.3 Å². The molecule has 4 aromatic rings. The van der Waals surface area contributed by atoms with Gasteiger partial charge in [-0.05, 0) is 40.8 Å². The summed E-state index contributed by atoms with van der Waals surface area (Å²) >= 11 is 7.30. The molecule has 6 nitrogen and oxygen atoms in total. The molecule has 0 saturated heterocycles. The third-order valence-electron chi connectivity index (χ3n) is 4.36.